The number of ether oxygens (including phenoxy) is 1. The molecule has 1 aliphatic heterocycles. The van der Waals surface area contributed by atoms with Gasteiger partial charge in [0.2, 0.25) is 5.88 Å². The van der Waals surface area contributed by atoms with Gasteiger partial charge in [0.05, 0.1) is 30.0 Å². The molecule has 0 spiro atoms. The molecular weight excluding hydrogens is 478 g/mol. The lowest BCUT2D eigenvalue weighted by Gasteiger charge is -2.22. The van der Waals surface area contributed by atoms with Gasteiger partial charge in [-0.25, -0.2) is 4.98 Å². The van der Waals surface area contributed by atoms with Crippen molar-refractivity contribution in [2.45, 2.75) is 25.5 Å². The Kier molecular flexibility index (Phi) is 6.46. The maximum atomic E-state index is 13.5. The van der Waals surface area contributed by atoms with Crippen LogP contribution in [0.25, 0.3) is 11.1 Å². The minimum absolute atomic E-state index is 0.00826. The van der Waals surface area contributed by atoms with Crippen molar-refractivity contribution in [1.29, 1.82) is 0 Å². The highest BCUT2D eigenvalue weighted by molar-refractivity contribution is 6.03. The average molecular weight is 496 g/mol. The van der Waals surface area contributed by atoms with E-state index in [-0.39, 0.29) is 41.9 Å². The van der Waals surface area contributed by atoms with Crippen molar-refractivity contribution in [3.8, 4) is 17.0 Å². The first-order valence-corrected chi connectivity index (χ1v) is 10.4. The van der Waals surface area contributed by atoms with Crippen molar-refractivity contribution in [2.75, 3.05) is 13.2 Å². The van der Waals surface area contributed by atoms with Crippen molar-refractivity contribution in [2.24, 2.45) is 0 Å². The van der Waals surface area contributed by atoms with Crippen LogP contribution in [0.2, 0.25) is 0 Å². The Hall–Kier alpha value is -3.60. The summed E-state index contributed by atoms with van der Waals surface area (Å²) in [6, 6.07) is 11.4. The Balaban J connectivity index is 1.77. The minimum atomic E-state index is -5.00. The maximum absolute atomic E-state index is 13.5. The molecule has 0 unspecified atom stereocenters. The van der Waals surface area contributed by atoms with Crippen LogP contribution in [0.4, 0.5) is 26.3 Å². The number of aliphatic hydroxyl groups excluding tert-OH is 1. The van der Waals surface area contributed by atoms with Crippen LogP contribution in [-0.2, 0) is 25.5 Å². The van der Waals surface area contributed by atoms with Gasteiger partial charge in [-0.2, -0.15) is 26.3 Å². The molecule has 0 saturated heterocycles. The minimum Gasteiger partial charge on any atom is -0.475 e. The number of nitrogens with zero attached hydrogens (tertiary/aromatic N) is 2. The second-order valence-electron chi connectivity index (χ2n) is 7.85. The first-order valence-electron chi connectivity index (χ1n) is 10.4. The Labute approximate surface area is 195 Å². The fraction of sp³-hybridized carbons (Fsp3) is 0.250. The number of fused-ring (bicyclic) bond motifs is 1. The summed E-state index contributed by atoms with van der Waals surface area (Å²) in [5, 5.41) is 9.58. The van der Waals surface area contributed by atoms with Crippen molar-refractivity contribution in [1.82, 2.24) is 9.88 Å². The summed E-state index contributed by atoms with van der Waals surface area (Å²) in [5.41, 5.74) is -2.04. The lowest BCUT2D eigenvalue weighted by Crippen LogP contribution is -2.32. The van der Waals surface area contributed by atoms with E-state index in [4.69, 9.17) is 4.74 Å². The number of rotatable bonds is 4. The van der Waals surface area contributed by atoms with Crippen LogP contribution in [-0.4, -0.2) is 34.0 Å². The normalized spacial score (nSPS) is 14.4. The zero-order valence-electron chi connectivity index (χ0n) is 18.0. The SMILES string of the molecule is O=C1c2c(-c3ccccc3)cc(CO)nc2OCCN1Cc1cc(C(F)(F)F)cc(C(F)(F)F)c1. The molecule has 1 amide bonds. The lowest BCUT2D eigenvalue weighted by molar-refractivity contribution is -0.143. The summed E-state index contributed by atoms with van der Waals surface area (Å²) in [5.74, 6) is -0.734. The van der Waals surface area contributed by atoms with Crippen LogP contribution in [0.15, 0.2) is 54.6 Å². The van der Waals surface area contributed by atoms with E-state index >= 15 is 0 Å². The van der Waals surface area contributed by atoms with Crippen molar-refractivity contribution >= 4 is 5.91 Å². The number of benzene rings is 2. The van der Waals surface area contributed by atoms with Crippen molar-refractivity contribution in [3.63, 3.8) is 0 Å². The van der Waals surface area contributed by atoms with E-state index in [0.29, 0.717) is 23.3 Å². The molecule has 0 bridgehead atoms. The molecule has 0 saturated carbocycles. The van der Waals surface area contributed by atoms with Gasteiger partial charge < -0.3 is 14.7 Å². The van der Waals surface area contributed by atoms with Gasteiger partial charge in [-0.05, 0) is 35.4 Å². The zero-order chi connectivity index (χ0) is 25.4. The standard InChI is InChI=1S/C24H18F6N2O3/c25-23(26,27)16-8-14(9-17(10-16)24(28,29)30)12-32-6-7-35-21-20(22(32)34)19(11-18(13-33)31-21)15-4-2-1-3-5-15/h1-5,8-11,33H,6-7,12-13H2. The molecule has 11 heteroatoms. The van der Waals surface area contributed by atoms with Gasteiger partial charge in [0.25, 0.3) is 5.91 Å². The molecule has 0 aliphatic carbocycles. The van der Waals surface area contributed by atoms with Crippen LogP contribution in [0, 0.1) is 0 Å². The highest BCUT2D eigenvalue weighted by Crippen LogP contribution is 2.37. The van der Waals surface area contributed by atoms with Crippen molar-refractivity contribution < 1.29 is 41.0 Å². The molecule has 2 heterocycles. The van der Waals surface area contributed by atoms with Crippen LogP contribution in [0.3, 0.4) is 0 Å². The third-order valence-electron chi connectivity index (χ3n) is 5.41. The summed E-state index contributed by atoms with van der Waals surface area (Å²) in [6.07, 6.45) is -10.0. The quantitative estimate of drug-likeness (QED) is 0.498. The molecule has 35 heavy (non-hydrogen) atoms. The number of aromatic nitrogens is 1. The fourth-order valence-electron chi connectivity index (χ4n) is 3.80. The number of amides is 1. The topological polar surface area (TPSA) is 62.7 Å². The number of hydrogen-bond acceptors (Lipinski definition) is 4. The monoisotopic (exact) mass is 496 g/mol. The van der Waals surface area contributed by atoms with Gasteiger partial charge >= 0.3 is 12.4 Å². The first-order chi connectivity index (χ1) is 16.5. The van der Waals surface area contributed by atoms with Gasteiger partial charge in [-0.15, -0.1) is 0 Å². The maximum Gasteiger partial charge on any atom is 0.416 e. The predicted octanol–water partition coefficient (Wildman–Crippen LogP) is 5.31. The molecule has 0 radical (unpaired) electrons. The van der Waals surface area contributed by atoms with Crippen LogP contribution < -0.4 is 4.74 Å². The molecule has 1 aliphatic rings. The molecule has 1 aromatic heterocycles. The molecule has 3 aromatic rings. The third kappa shape index (κ3) is 5.24. The van der Waals surface area contributed by atoms with E-state index in [1.807, 2.05) is 0 Å². The summed E-state index contributed by atoms with van der Waals surface area (Å²) < 4.78 is 85.2. The number of halogens is 6. The summed E-state index contributed by atoms with van der Waals surface area (Å²) >= 11 is 0. The Morgan fingerprint density at radius 2 is 1.57 bits per heavy atom. The number of carbonyl (C=O) groups excluding carboxylic acids is 1. The summed E-state index contributed by atoms with van der Waals surface area (Å²) in [4.78, 5) is 18.8. The Morgan fingerprint density at radius 1 is 0.943 bits per heavy atom. The number of alkyl halides is 6. The molecule has 0 fully saturated rings. The third-order valence-corrected chi connectivity index (χ3v) is 5.41. The van der Waals surface area contributed by atoms with Crippen LogP contribution >= 0.6 is 0 Å². The van der Waals surface area contributed by atoms with E-state index in [0.717, 1.165) is 4.90 Å². The molecule has 184 valence electrons. The largest absolute Gasteiger partial charge is 0.475 e. The number of pyridine rings is 1. The van der Waals surface area contributed by atoms with E-state index in [9.17, 15) is 36.2 Å². The van der Waals surface area contributed by atoms with Gasteiger partial charge in [0, 0.05) is 12.1 Å². The van der Waals surface area contributed by atoms with Gasteiger partial charge in [0.15, 0.2) is 0 Å². The molecular formula is C24H18F6N2O3. The summed E-state index contributed by atoms with van der Waals surface area (Å²) in [6.45, 7) is -1.14. The van der Waals surface area contributed by atoms with E-state index in [2.05, 4.69) is 4.98 Å². The molecule has 0 atom stereocenters. The highest BCUT2D eigenvalue weighted by atomic mass is 19.4. The van der Waals surface area contributed by atoms with Gasteiger partial charge in [-0.1, -0.05) is 30.3 Å². The van der Waals surface area contributed by atoms with Crippen LogP contribution in [0.1, 0.15) is 32.7 Å². The number of carbonyl (C=O) groups is 1. The smallest absolute Gasteiger partial charge is 0.416 e. The van der Waals surface area contributed by atoms with Gasteiger partial charge in [-0.3, -0.25) is 4.79 Å². The average Bonchev–Trinajstić information content (AvgIpc) is 2.96. The summed E-state index contributed by atoms with van der Waals surface area (Å²) in [7, 11) is 0. The molecule has 2 aromatic carbocycles. The van der Waals surface area contributed by atoms with E-state index in [1.54, 1.807) is 30.3 Å². The second kappa shape index (κ2) is 9.21. The second-order valence-corrected chi connectivity index (χ2v) is 7.85. The first kappa shape index (κ1) is 24.5. The number of aliphatic hydroxyl groups is 1. The molecule has 5 nitrogen and oxygen atoms in total. The Morgan fingerprint density at radius 3 is 2.14 bits per heavy atom. The van der Waals surface area contributed by atoms with E-state index < -0.39 is 42.5 Å². The Bertz CT molecular complexity index is 1210. The lowest BCUT2D eigenvalue weighted by atomic mass is 9.98. The highest BCUT2D eigenvalue weighted by Gasteiger charge is 2.37. The van der Waals surface area contributed by atoms with E-state index in [1.165, 1.54) is 6.07 Å². The molecule has 1 N–H and O–H groups in total. The van der Waals surface area contributed by atoms with Gasteiger partial charge in [0.1, 0.15) is 12.2 Å². The fourth-order valence-corrected chi connectivity index (χ4v) is 3.80. The van der Waals surface area contributed by atoms with Crippen LogP contribution in [0.5, 0.6) is 5.88 Å². The van der Waals surface area contributed by atoms with Crippen molar-refractivity contribution in [3.05, 3.63) is 82.5 Å². The predicted molar refractivity (Wildman–Crippen MR) is 112 cm³/mol. The molecule has 4 rings (SSSR count). The number of hydrogen-bond donors (Lipinski definition) is 1. The zero-order valence-corrected chi connectivity index (χ0v) is 18.0.